The van der Waals surface area contributed by atoms with E-state index in [9.17, 15) is 4.79 Å². The lowest BCUT2D eigenvalue weighted by molar-refractivity contribution is -0.133. The maximum Gasteiger partial charge on any atom is 0.239 e. The highest BCUT2D eigenvalue weighted by atomic mass is 35.5. The van der Waals surface area contributed by atoms with E-state index in [1.807, 2.05) is 4.90 Å². The Morgan fingerprint density at radius 2 is 2.09 bits per heavy atom. The van der Waals surface area contributed by atoms with E-state index in [4.69, 9.17) is 27.9 Å². The summed E-state index contributed by atoms with van der Waals surface area (Å²) in [5, 5.41) is 4.31. The van der Waals surface area contributed by atoms with Crippen LogP contribution in [-0.2, 0) is 4.79 Å². The number of carbonyl (C=O) groups excluding carboxylic acids is 1. The molecule has 0 aromatic heterocycles. The molecule has 2 unspecified atom stereocenters. The summed E-state index contributed by atoms with van der Waals surface area (Å²) < 4.78 is 5.92. The molecule has 0 bridgehead atoms. The van der Waals surface area contributed by atoms with Gasteiger partial charge in [0, 0.05) is 19.0 Å². The zero-order valence-electron chi connectivity index (χ0n) is 12.4. The summed E-state index contributed by atoms with van der Waals surface area (Å²) in [6, 6.07) is 5.24. The van der Waals surface area contributed by atoms with Crippen LogP contribution in [0.1, 0.15) is 25.7 Å². The van der Waals surface area contributed by atoms with Crippen molar-refractivity contribution in [2.45, 2.75) is 37.8 Å². The Kier molecular flexibility index (Phi) is 5.11. The first-order chi connectivity index (χ1) is 10.6. The van der Waals surface area contributed by atoms with Crippen molar-refractivity contribution in [3.8, 4) is 5.75 Å². The fraction of sp³-hybridized carbons (Fsp3) is 0.562. The van der Waals surface area contributed by atoms with E-state index in [1.165, 1.54) is 0 Å². The van der Waals surface area contributed by atoms with Crippen LogP contribution in [0.5, 0.6) is 5.75 Å². The fourth-order valence-electron chi connectivity index (χ4n) is 3.05. The van der Waals surface area contributed by atoms with Crippen molar-refractivity contribution in [3.05, 3.63) is 28.2 Å². The average Bonchev–Trinajstić information content (AvgIpc) is 2.99. The van der Waals surface area contributed by atoms with E-state index in [0.717, 1.165) is 38.8 Å². The number of halogens is 2. The van der Waals surface area contributed by atoms with E-state index in [1.54, 1.807) is 18.2 Å². The molecule has 120 valence electrons. The number of nitrogens with one attached hydrogen (secondary N) is 1. The van der Waals surface area contributed by atoms with Gasteiger partial charge in [-0.2, -0.15) is 0 Å². The lowest BCUT2D eigenvalue weighted by Crippen LogP contribution is -2.48. The number of carbonyl (C=O) groups is 1. The van der Waals surface area contributed by atoms with Crippen molar-refractivity contribution in [3.63, 3.8) is 0 Å². The molecule has 1 aromatic carbocycles. The van der Waals surface area contributed by atoms with Gasteiger partial charge in [0.1, 0.15) is 11.9 Å². The summed E-state index contributed by atoms with van der Waals surface area (Å²) in [7, 11) is 0. The topological polar surface area (TPSA) is 41.6 Å². The van der Waals surface area contributed by atoms with Crippen LogP contribution >= 0.6 is 23.2 Å². The van der Waals surface area contributed by atoms with Crippen molar-refractivity contribution in [1.29, 1.82) is 0 Å². The third kappa shape index (κ3) is 3.67. The first kappa shape index (κ1) is 15.9. The van der Waals surface area contributed by atoms with Gasteiger partial charge in [-0.25, -0.2) is 0 Å². The average molecular weight is 343 g/mol. The molecule has 2 aliphatic rings. The number of rotatable bonds is 3. The summed E-state index contributed by atoms with van der Waals surface area (Å²) in [5.74, 6) is 0.907. The molecule has 4 nitrogen and oxygen atoms in total. The van der Waals surface area contributed by atoms with Crippen molar-refractivity contribution in [2.75, 3.05) is 19.6 Å². The summed E-state index contributed by atoms with van der Waals surface area (Å²) in [6.07, 6.45) is 4.09. The van der Waals surface area contributed by atoms with Crippen molar-refractivity contribution < 1.29 is 9.53 Å². The standard InChI is InChI=1S/C16H20Cl2N2O2/c17-13-5-4-11(9-14(13)18)22-12-6-8-20(10-12)16(21)15-3-1-2-7-19-15/h4-5,9,12,15,19H,1-3,6-8,10H2. The third-order valence-electron chi connectivity index (χ3n) is 4.26. The number of nitrogens with zero attached hydrogens (tertiary/aromatic N) is 1. The second kappa shape index (κ2) is 7.07. The highest BCUT2D eigenvalue weighted by Crippen LogP contribution is 2.28. The number of likely N-dealkylation sites (tertiary alicyclic amines) is 1. The Balaban J connectivity index is 1.55. The Hall–Kier alpha value is -0.970. The molecule has 0 radical (unpaired) electrons. The zero-order valence-corrected chi connectivity index (χ0v) is 13.9. The number of piperidine rings is 1. The molecule has 2 fully saturated rings. The van der Waals surface area contributed by atoms with Gasteiger partial charge < -0.3 is 15.0 Å². The molecule has 0 aliphatic carbocycles. The van der Waals surface area contributed by atoms with Crippen molar-refractivity contribution in [1.82, 2.24) is 10.2 Å². The molecule has 2 heterocycles. The predicted octanol–water partition coefficient (Wildman–Crippen LogP) is 3.12. The number of benzene rings is 1. The minimum absolute atomic E-state index is 0.0162. The van der Waals surface area contributed by atoms with Gasteiger partial charge in [0.25, 0.3) is 0 Å². The van der Waals surface area contributed by atoms with Crippen LogP contribution in [-0.4, -0.2) is 42.6 Å². The maximum absolute atomic E-state index is 12.5. The normalized spacial score (nSPS) is 25.3. The van der Waals surface area contributed by atoms with Crippen molar-refractivity contribution in [2.24, 2.45) is 0 Å². The molecular formula is C16H20Cl2N2O2. The fourth-order valence-corrected chi connectivity index (χ4v) is 3.34. The largest absolute Gasteiger partial charge is 0.488 e. The van der Waals surface area contributed by atoms with Gasteiger partial charge in [-0.15, -0.1) is 0 Å². The van der Waals surface area contributed by atoms with Gasteiger partial charge >= 0.3 is 0 Å². The highest BCUT2D eigenvalue weighted by Gasteiger charge is 2.32. The highest BCUT2D eigenvalue weighted by molar-refractivity contribution is 6.42. The molecule has 2 aliphatic heterocycles. The molecule has 22 heavy (non-hydrogen) atoms. The summed E-state index contributed by atoms with van der Waals surface area (Å²) >= 11 is 11.9. The van der Waals surface area contributed by atoms with Crippen LogP contribution in [0.3, 0.4) is 0 Å². The number of hydrogen-bond acceptors (Lipinski definition) is 3. The smallest absolute Gasteiger partial charge is 0.239 e. The van der Waals surface area contributed by atoms with E-state index in [0.29, 0.717) is 22.3 Å². The first-order valence-electron chi connectivity index (χ1n) is 7.77. The second-order valence-electron chi connectivity index (χ2n) is 5.89. The zero-order chi connectivity index (χ0) is 15.5. The molecule has 0 saturated carbocycles. The SMILES string of the molecule is O=C(C1CCCCN1)N1CCC(Oc2ccc(Cl)c(Cl)c2)C1. The van der Waals surface area contributed by atoms with Gasteiger partial charge in [0.15, 0.2) is 0 Å². The van der Waals surface area contributed by atoms with Crippen LogP contribution in [0.4, 0.5) is 0 Å². The Morgan fingerprint density at radius 1 is 1.23 bits per heavy atom. The summed E-state index contributed by atoms with van der Waals surface area (Å²) in [5.41, 5.74) is 0. The van der Waals surface area contributed by atoms with Gasteiger partial charge in [0.2, 0.25) is 5.91 Å². The summed E-state index contributed by atoms with van der Waals surface area (Å²) in [4.78, 5) is 14.4. The minimum Gasteiger partial charge on any atom is -0.488 e. The second-order valence-corrected chi connectivity index (χ2v) is 6.71. The number of hydrogen-bond donors (Lipinski definition) is 1. The Bertz CT molecular complexity index is 547. The van der Waals surface area contributed by atoms with Crippen LogP contribution in [0, 0.1) is 0 Å². The molecule has 2 atom stereocenters. The Labute approximate surface area is 140 Å². The van der Waals surface area contributed by atoms with Gasteiger partial charge in [-0.05, 0) is 31.5 Å². The molecule has 2 saturated heterocycles. The van der Waals surface area contributed by atoms with Gasteiger partial charge in [-0.1, -0.05) is 29.6 Å². The van der Waals surface area contributed by atoms with Gasteiger partial charge in [0.05, 0.1) is 22.6 Å². The monoisotopic (exact) mass is 342 g/mol. The van der Waals surface area contributed by atoms with E-state index < -0.39 is 0 Å². The first-order valence-corrected chi connectivity index (χ1v) is 8.53. The van der Waals surface area contributed by atoms with Crippen LogP contribution in [0.15, 0.2) is 18.2 Å². The molecule has 3 rings (SSSR count). The van der Waals surface area contributed by atoms with Gasteiger partial charge in [-0.3, -0.25) is 4.79 Å². The lowest BCUT2D eigenvalue weighted by atomic mass is 10.0. The Morgan fingerprint density at radius 3 is 2.82 bits per heavy atom. The lowest BCUT2D eigenvalue weighted by Gasteiger charge is -2.27. The van der Waals surface area contributed by atoms with Crippen LogP contribution in [0.2, 0.25) is 10.0 Å². The molecular weight excluding hydrogens is 323 g/mol. The van der Waals surface area contributed by atoms with E-state index in [-0.39, 0.29) is 18.1 Å². The molecule has 6 heteroatoms. The van der Waals surface area contributed by atoms with E-state index in [2.05, 4.69) is 5.32 Å². The molecule has 1 amide bonds. The maximum atomic E-state index is 12.5. The third-order valence-corrected chi connectivity index (χ3v) is 5.00. The van der Waals surface area contributed by atoms with Crippen LogP contribution < -0.4 is 10.1 Å². The predicted molar refractivity (Wildman–Crippen MR) is 87.7 cm³/mol. The molecule has 1 N–H and O–H groups in total. The van der Waals surface area contributed by atoms with Crippen molar-refractivity contribution >= 4 is 29.1 Å². The van der Waals surface area contributed by atoms with Crippen LogP contribution in [0.25, 0.3) is 0 Å². The van der Waals surface area contributed by atoms with E-state index >= 15 is 0 Å². The molecule has 1 aromatic rings. The minimum atomic E-state index is -0.0162. The number of ether oxygens (including phenoxy) is 1. The quantitative estimate of drug-likeness (QED) is 0.917. The molecule has 0 spiro atoms. The number of amides is 1. The summed E-state index contributed by atoms with van der Waals surface area (Å²) in [6.45, 7) is 2.33.